The van der Waals surface area contributed by atoms with Gasteiger partial charge in [-0.05, 0) is 26.8 Å². The number of hydrogen-bond acceptors (Lipinski definition) is 5. The van der Waals surface area contributed by atoms with Gasteiger partial charge in [0.15, 0.2) is 6.10 Å². The van der Waals surface area contributed by atoms with Crippen molar-refractivity contribution in [2.45, 2.75) is 38.9 Å². The summed E-state index contributed by atoms with van der Waals surface area (Å²) in [7, 11) is 0. The van der Waals surface area contributed by atoms with E-state index in [1.165, 1.54) is 6.20 Å². The SMILES string of the molecule is CC(C)(C)OC(=O)Nc1cc(OC2CCNC2=O)ccn1. The van der Waals surface area contributed by atoms with Gasteiger partial charge in [0.2, 0.25) is 0 Å². The minimum Gasteiger partial charge on any atom is -0.480 e. The molecule has 1 aliphatic rings. The molecule has 2 amide bonds. The Bertz CT molecular complexity index is 539. The van der Waals surface area contributed by atoms with Gasteiger partial charge in [0, 0.05) is 25.2 Å². The van der Waals surface area contributed by atoms with Crippen molar-refractivity contribution in [3.8, 4) is 5.75 Å². The monoisotopic (exact) mass is 293 g/mol. The Morgan fingerprint density at radius 1 is 1.48 bits per heavy atom. The average molecular weight is 293 g/mol. The summed E-state index contributed by atoms with van der Waals surface area (Å²) < 4.78 is 10.7. The molecular formula is C14H19N3O4. The van der Waals surface area contributed by atoms with Crippen molar-refractivity contribution in [2.75, 3.05) is 11.9 Å². The number of anilines is 1. The Kier molecular flexibility index (Phi) is 4.30. The second-order valence-corrected chi connectivity index (χ2v) is 5.69. The molecule has 1 aromatic rings. The van der Waals surface area contributed by atoms with Gasteiger partial charge in [-0.25, -0.2) is 9.78 Å². The van der Waals surface area contributed by atoms with E-state index in [9.17, 15) is 9.59 Å². The zero-order valence-electron chi connectivity index (χ0n) is 12.3. The van der Waals surface area contributed by atoms with E-state index in [1.807, 2.05) is 0 Å². The highest BCUT2D eigenvalue weighted by molar-refractivity contribution is 5.84. The van der Waals surface area contributed by atoms with Crippen molar-refractivity contribution < 1.29 is 19.1 Å². The van der Waals surface area contributed by atoms with E-state index in [-0.39, 0.29) is 5.91 Å². The first-order chi connectivity index (χ1) is 9.83. The van der Waals surface area contributed by atoms with Crippen molar-refractivity contribution in [1.29, 1.82) is 0 Å². The third-order valence-electron chi connectivity index (χ3n) is 2.64. The molecule has 2 N–H and O–H groups in total. The quantitative estimate of drug-likeness (QED) is 0.885. The molecule has 0 aliphatic carbocycles. The lowest BCUT2D eigenvalue weighted by molar-refractivity contribution is -0.124. The first kappa shape index (κ1) is 15.1. The first-order valence-corrected chi connectivity index (χ1v) is 6.74. The number of carbonyl (C=O) groups is 2. The molecule has 2 heterocycles. The fourth-order valence-corrected chi connectivity index (χ4v) is 1.81. The molecule has 0 bridgehead atoms. The fraction of sp³-hybridized carbons (Fsp3) is 0.500. The summed E-state index contributed by atoms with van der Waals surface area (Å²) in [5.74, 6) is 0.645. The zero-order chi connectivity index (χ0) is 15.5. The van der Waals surface area contributed by atoms with Crippen LogP contribution in [-0.2, 0) is 9.53 Å². The van der Waals surface area contributed by atoms with Crippen molar-refractivity contribution in [3.05, 3.63) is 18.3 Å². The Labute approximate surface area is 123 Å². The summed E-state index contributed by atoms with van der Waals surface area (Å²) >= 11 is 0. The van der Waals surface area contributed by atoms with Crippen molar-refractivity contribution in [2.24, 2.45) is 0 Å². The van der Waals surface area contributed by atoms with Crippen LogP contribution in [-0.4, -0.2) is 35.2 Å². The van der Waals surface area contributed by atoms with E-state index >= 15 is 0 Å². The number of amides is 2. The van der Waals surface area contributed by atoms with Gasteiger partial charge in [0.05, 0.1) is 0 Å². The van der Waals surface area contributed by atoms with Crippen LogP contribution in [0.5, 0.6) is 5.75 Å². The molecule has 7 nitrogen and oxygen atoms in total. The standard InChI is InChI=1S/C14H19N3O4/c1-14(2,3)21-13(19)17-11-8-9(4-6-15-11)20-10-5-7-16-12(10)18/h4,6,8,10H,5,7H2,1-3H3,(H,16,18)(H,15,17,19). The van der Waals surface area contributed by atoms with Crippen LogP contribution >= 0.6 is 0 Å². The van der Waals surface area contributed by atoms with E-state index in [4.69, 9.17) is 9.47 Å². The third-order valence-corrected chi connectivity index (χ3v) is 2.64. The van der Waals surface area contributed by atoms with Gasteiger partial charge in [-0.15, -0.1) is 0 Å². The van der Waals surface area contributed by atoms with Crippen molar-refractivity contribution >= 4 is 17.8 Å². The Morgan fingerprint density at radius 2 is 2.24 bits per heavy atom. The van der Waals surface area contributed by atoms with Crippen LogP contribution in [0.4, 0.5) is 10.6 Å². The molecule has 1 fully saturated rings. The maximum absolute atomic E-state index is 11.7. The summed E-state index contributed by atoms with van der Waals surface area (Å²) in [5.41, 5.74) is -0.583. The number of pyridine rings is 1. The molecule has 0 aromatic carbocycles. The van der Waals surface area contributed by atoms with Gasteiger partial charge < -0.3 is 14.8 Å². The van der Waals surface area contributed by atoms with Crippen molar-refractivity contribution in [1.82, 2.24) is 10.3 Å². The number of ether oxygens (including phenoxy) is 2. The Balaban J connectivity index is 1.97. The number of hydrogen-bond donors (Lipinski definition) is 2. The molecule has 1 atom stereocenters. The number of carbonyl (C=O) groups excluding carboxylic acids is 2. The maximum Gasteiger partial charge on any atom is 0.413 e. The Morgan fingerprint density at radius 3 is 2.86 bits per heavy atom. The largest absolute Gasteiger partial charge is 0.480 e. The number of aromatic nitrogens is 1. The van der Waals surface area contributed by atoms with Gasteiger partial charge in [0.1, 0.15) is 17.2 Å². The molecule has 0 saturated carbocycles. The normalized spacial score (nSPS) is 18.0. The van der Waals surface area contributed by atoms with E-state index in [2.05, 4.69) is 15.6 Å². The minimum atomic E-state index is -0.592. The molecule has 1 saturated heterocycles. The summed E-state index contributed by atoms with van der Waals surface area (Å²) in [5, 5.41) is 5.22. The molecular weight excluding hydrogens is 274 g/mol. The van der Waals surface area contributed by atoms with Gasteiger partial charge in [-0.3, -0.25) is 10.1 Å². The van der Waals surface area contributed by atoms with E-state index in [0.29, 0.717) is 24.5 Å². The van der Waals surface area contributed by atoms with Gasteiger partial charge in [0.25, 0.3) is 5.91 Å². The molecule has 0 radical (unpaired) electrons. The summed E-state index contributed by atoms with van der Waals surface area (Å²) in [6.45, 7) is 5.94. The summed E-state index contributed by atoms with van der Waals surface area (Å²) in [6.07, 6.45) is 1.03. The average Bonchev–Trinajstić information content (AvgIpc) is 2.73. The molecule has 1 unspecified atom stereocenters. The summed E-state index contributed by atoms with van der Waals surface area (Å²) in [4.78, 5) is 27.1. The lowest BCUT2D eigenvalue weighted by atomic mass is 10.2. The molecule has 114 valence electrons. The topological polar surface area (TPSA) is 89.5 Å². The van der Waals surface area contributed by atoms with Gasteiger partial charge in [-0.2, -0.15) is 0 Å². The molecule has 7 heteroatoms. The highest BCUT2D eigenvalue weighted by Gasteiger charge is 2.26. The van der Waals surface area contributed by atoms with E-state index in [1.54, 1.807) is 32.9 Å². The van der Waals surface area contributed by atoms with Crippen LogP contribution in [0.2, 0.25) is 0 Å². The van der Waals surface area contributed by atoms with E-state index in [0.717, 1.165) is 0 Å². The van der Waals surface area contributed by atoms with Crippen LogP contribution in [0.15, 0.2) is 18.3 Å². The highest BCUT2D eigenvalue weighted by Crippen LogP contribution is 2.19. The van der Waals surface area contributed by atoms with Crippen LogP contribution in [0.3, 0.4) is 0 Å². The zero-order valence-corrected chi connectivity index (χ0v) is 12.3. The second-order valence-electron chi connectivity index (χ2n) is 5.69. The third kappa shape index (κ3) is 4.62. The van der Waals surface area contributed by atoms with Crippen molar-refractivity contribution in [3.63, 3.8) is 0 Å². The van der Waals surface area contributed by atoms with Crippen LogP contribution < -0.4 is 15.4 Å². The first-order valence-electron chi connectivity index (χ1n) is 6.74. The maximum atomic E-state index is 11.7. The van der Waals surface area contributed by atoms with Crippen LogP contribution in [0.1, 0.15) is 27.2 Å². The Hall–Kier alpha value is -2.31. The number of nitrogens with zero attached hydrogens (tertiary/aromatic N) is 1. The fourth-order valence-electron chi connectivity index (χ4n) is 1.81. The predicted molar refractivity (Wildman–Crippen MR) is 76.1 cm³/mol. The highest BCUT2D eigenvalue weighted by atomic mass is 16.6. The number of rotatable bonds is 3. The van der Waals surface area contributed by atoms with Gasteiger partial charge >= 0.3 is 6.09 Å². The summed E-state index contributed by atoms with van der Waals surface area (Å²) in [6, 6.07) is 3.18. The molecule has 1 aliphatic heterocycles. The molecule has 2 rings (SSSR count). The van der Waals surface area contributed by atoms with Crippen LogP contribution in [0, 0.1) is 0 Å². The minimum absolute atomic E-state index is 0.131. The smallest absolute Gasteiger partial charge is 0.413 e. The molecule has 1 aromatic heterocycles. The van der Waals surface area contributed by atoms with E-state index < -0.39 is 17.8 Å². The lowest BCUT2D eigenvalue weighted by Crippen LogP contribution is -2.28. The lowest BCUT2D eigenvalue weighted by Gasteiger charge is -2.19. The van der Waals surface area contributed by atoms with Crippen LogP contribution in [0.25, 0.3) is 0 Å². The number of nitrogens with one attached hydrogen (secondary N) is 2. The molecule has 21 heavy (non-hydrogen) atoms. The second kappa shape index (κ2) is 5.99. The van der Waals surface area contributed by atoms with Gasteiger partial charge in [-0.1, -0.05) is 0 Å². The predicted octanol–water partition coefficient (Wildman–Crippen LogP) is 1.70. The molecule has 0 spiro atoms.